The number of likely N-dealkylation sites (N-methyl/N-ethyl adjacent to an activating group) is 1. The molecule has 2 aromatic rings. The second-order valence-corrected chi connectivity index (χ2v) is 5.93. The molecule has 2 rings (SSSR count). The predicted octanol–water partition coefficient (Wildman–Crippen LogP) is 2.88. The summed E-state index contributed by atoms with van der Waals surface area (Å²) in [6.45, 7) is 3.48. The molecule has 5 heteroatoms. The van der Waals surface area contributed by atoms with Crippen molar-refractivity contribution in [2.45, 2.75) is 13.0 Å². The number of hydrogen-bond donors (Lipinski definition) is 1. The Balaban J connectivity index is 1.75. The summed E-state index contributed by atoms with van der Waals surface area (Å²) in [4.78, 5) is 14.2. The fourth-order valence-electron chi connectivity index (χ4n) is 2.55. The first-order valence-electron chi connectivity index (χ1n) is 8.39. The van der Waals surface area contributed by atoms with E-state index in [1.54, 1.807) is 7.11 Å². The Morgan fingerprint density at radius 2 is 1.80 bits per heavy atom. The molecule has 0 heterocycles. The first-order valence-corrected chi connectivity index (χ1v) is 8.39. The van der Waals surface area contributed by atoms with E-state index in [0.29, 0.717) is 19.7 Å². The van der Waals surface area contributed by atoms with Crippen molar-refractivity contribution in [1.29, 1.82) is 0 Å². The van der Waals surface area contributed by atoms with Gasteiger partial charge in [0.15, 0.2) is 0 Å². The van der Waals surface area contributed by atoms with E-state index in [2.05, 4.69) is 5.32 Å². The van der Waals surface area contributed by atoms with Gasteiger partial charge in [0.2, 0.25) is 5.91 Å². The molecule has 2 aromatic carbocycles. The molecule has 0 spiro atoms. The number of carbonyl (C=O) groups is 1. The summed E-state index contributed by atoms with van der Waals surface area (Å²) < 4.78 is 11.0. The molecule has 1 amide bonds. The van der Waals surface area contributed by atoms with Crippen molar-refractivity contribution in [3.8, 4) is 11.5 Å². The molecule has 1 N–H and O–H groups in total. The van der Waals surface area contributed by atoms with Crippen molar-refractivity contribution in [3.05, 3.63) is 60.2 Å². The van der Waals surface area contributed by atoms with Crippen LogP contribution in [-0.2, 0) is 4.79 Å². The van der Waals surface area contributed by atoms with Gasteiger partial charge in [0.25, 0.3) is 0 Å². The van der Waals surface area contributed by atoms with Crippen LogP contribution in [0.25, 0.3) is 0 Å². The third-order valence-corrected chi connectivity index (χ3v) is 3.88. The zero-order valence-electron chi connectivity index (χ0n) is 15.1. The second kappa shape index (κ2) is 9.69. The maximum Gasteiger partial charge on any atom is 0.234 e. The third kappa shape index (κ3) is 6.12. The highest BCUT2D eigenvalue weighted by atomic mass is 16.5. The number of ether oxygens (including phenoxy) is 2. The van der Waals surface area contributed by atoms with Crippen LogP contribution in [0, 0.1) is 0 Å². The van der Waals surface area contributed by atoms with Gasteiger partial charge in [-0.15, -0.1) is 0 Å². The molecule has 0 aliphatic rings. The van der Waals surface area contributed by atoms with Crippen molar-refractivity contribution in [3.63, 3.8) is 0 Å². The van der Waals surface area contributed by atoms with E-state index in [0.717, 1.165) is 17.1 Å². The quantitative estimate of drug-likeness (QED) is 0.761. The zero-order valence-corrected chi connectivity index (χ0v) is 15.1. The number of benzene rings is 2. The molecule has 5 nitrogen and oxygen atoms in total. The van der Waals surface area contributed by atoms with Crippen LogP contribution in [0.1, 0.15) is 18.5 Å². The number of carbonyl (C=O) groups excluding carboxylic acids is 1. The van der Waals surface area contributed by atoms with Gasteiger partial charge in [0.1, 0.15) is 18.1 Å². The minimum absolute atomic E-state index is 0.0272. The van der Waals surface area contributed by atoms with E-state index in [1.807, 2.05) is 73.5 Å². The molecule has 0 fully saturated rings. The van der Waals surface area contributed by atoms with Crippen LogP contribution in [0.5, 0.6) is 11.5 Å². The smallest absolute Gasteiger partial charge is 0.234 e. The summed E-state index contributed by atoms with van der Waals surface area (Å²) in [6.07, 6.45) is 0. The van der Waals surface area contributed by atoms with Gasteiger partial charge in [0, 0.05) is 12.1 Å². The van der Waals surface area contributed by atoms with E-state index in [-0.39, 0.29) is 11.9 Å². The molecule has 1 atom stereocenters. The molecule has 1 unspecified atom stereocenters. The number of nitrogens with zero attached hydrogens (tertiary/aromatic N) is 1. The van der Waals surface area contributed by atoms with Gasteiger partial charge in [-0.1, -0.05) is 36.4 Å². The van der Waals surface area contributed by atoms with Crippen LogP contribution in [0.15, 0.2) is 54.6 Å². The Kier molecular flexibility index (Phi) is 7.29. The summed E-state index contributed by atoms with van der Waals surface area (Å²) in [5.41, 5.74) is 0.966. The second-order valence-electron chi connectivity index (χ2n) is 5.93. The standard InChI is InChI=1S/C20H26N2O3/c1-16(18-11-7-8-12-19(18)24-3)21-20(23)15-22(2)13-14-25-17-9-5-4-6-10-17/h4-12,16H,13-15H2,1-3H3,(H,21,23). The Labute approximate surface area is 149 Å². The normalized spacial score (nSPS) is 11.8. The lowest BCUT2D eigenvalue weighted by molar-refractivity contribution is -0.122. The van der Waals surface area contributed by atoms with Crippen molar-refractivity contribution in [2.24, 2.45) is 0 Å². The molecular weight excluding hydrogens is 316 g/mol. The summed E-state index contributed by atoms with van der Waals surface area (Å²) in [5, 5.41) is 3.01. The number of hydrogen-bond acceptors (Lipinski definition) is 4. The predicted molar refractivity (Wildman–Crippen MR) is 99.0 cm³/mol. The minimum Gasteiger partial charge on any atom is -0.496 e. The van der Waals surface area contributed by atoms with Crippen LogP contribution >= 0.6 is 0 Å². The average molecular weight is 342 g/mol. The number of para-hydroxylation sites is 2. The van der Waals surface area contributed by atoms with Gasteiger partial charge >= 0.3 is 0 Å². The molecule has 134 valence electrons. The lowest BCUT2D eigenvalue weighted by Gasteiger charge is -2.20. The first kappa shape index (κ1) is 18.8. The van der Waals surface area contributed by atoms with Gasteiger partial charge in [-0.25, -0.2) is 0 Å². The molecule has 0 aliphatic heterocycles. The van der Waals surface area contributed by atoms with Crippen molar-refractivity contribution < 1.29 is 14.3 Å². The molecule has 0 aliphatic carbocycles. The maximum absolute atomic E-state index is 12.2. The van der Waals surface area contributed by atoms with E-state index in [4.69, 9.17) is 9.47 Å². The van der Waals surface area contributed by atoms with Crippen molar-refractivity contribution in [1.82, 2.24) is 10.2 Å². The Morgan fingerprint density at radius 1 is 1.12 bits per heavy atom. The van der Waals surface area contributed by atoms with Gasteiger partial charge in [0.05, 0.1) is 19.7 Å². The summed E-state index contributed by atoms with van der Waals surface area (Å²) in [6, 6.07) is 17.3. The van der Waals surface area contributed by atoms with Crippen LogP contribution in [0.3, 0.4) is 0 Å². The minimum atomic E-state index is -0.113. The zero-order chi connectivity index (χ0) is 18.1. The number of rotatable bonds is 9. The lowest BCUT2D eigenvalue weighted by Crippen LogP contribution is -2.38. The number of amides is 1. The van der Waals surface area contributed by atoms with Crippen LogP contribution in [0.4, 0.5) is 0 Å². The molecule has 0 aromatic heterocycles. The molecule has 0 radical (unpaired) electrons. The fraction of sp³-hybridized carbons (Fsp3) is 0.350. The van der Waals surface area contributed by atoms with E-state index < -0.39 is 0 Å². The van der Waals surface area contributed by atoms with E-state index >= 15 is 0 Å². The summed E-state index contributed by atoms with van der Waals surface area (Å²) in [5.74, 6) is 1.59. The summed E-state index contributed by atoms with van der Waals surface area (Å²) >= 11 is 0. The largest absolute Gasteiger partial charge is 0.496 e. The molecule has 25 heavy (non-hydrogen) atoms. The lowest BCUT2D eigenvalue weighted by atomic mass is 10.1. The monoisotopic (exact) mass is 342 g/mol. The van der Waals surface area contributed by atoms with Crippen LogP contribution in [-0.4, -0.2) is 44.7 Å². The Bertz CT molecular complexity index is 661. The van der Waals surface area contributed by atoms with Crippen molar-refractivity contribution in [2.75, 3.05) is 33.9 Å². The average Bonchev–Trinajstić information content (AvgIpc) is 2.62. The first-order chi connectivity index (χ1) is 12.1. The Hall–Kier alpha value is -2.53. The van der Waals surface area contributed by atoms with Crippen LogP contribution in [0.2, 0.25) is 0 Å². The van der Waals surface area contributed by atoms with Crippen molar-refractivity contribution >= 4 is 5.91 Å². The molecule has 0 bridgehead atoms. The van der Waals surface area contributed by atoms with Crippen LogP contribution < -0.4 is 14.8 Å². The van der Waals surface area contributed by atoms with Gasteiger partial charge in [-0.3, -0.25) is 9.69 Å². The van der Waals surface area contributed by atoms with Gasteiger partial charge in [-0.05, 0) is 32.2 Å². The third-order valence-electron chi connectivity index (χ3n) is 3.88. The van der Waals surface area contributed by atoms with Gasteiger partial charge in [-0.2, -0.15) is 0 Å². The maximum atomic E-state index is 12.2. The SMILES string of the molecule is COc1ccccc1C(C)NC(=O)CN(C)CCOc1ccccc1. The highest BCUT2D eigenvalue weighted by Crippen LogP contribution is 2.24. The summed E-state index contributed by atoms with van der Waals surface area (Å²) in [7, 11) is 3.54. The highest BCUT2D eigenvalue weighted by molar-refractivity contribution is 5.78. The highest BCUT2D eigenvalue weighted by Gasteiger charge is 2.14. The fourth-order valence-corrected chi connectivity index (χ4v) is 2.55. The molecular formula is C20H26N2O3. The number of nitrogens with one attached hydrogen (secondary N) is 1. The number of methoxy groups -OCH3 is 1. The molecule has 0 saturated heterocycles. The van der Waals surface area contributed by atoms with Gasteiger partial charge < -0.3 is 14.8 Å². The molecule has 0 saturated carbocycles. The van der Waals surface area contributed by atoms with E-state index in [9.17, 15) is 4.79 Å². The topological polar surface area (TPSA) is 50.8 Å². The Morgan fingerprint density at radius 3 is 2.52 bits per heavy atom. The van der Waals surface area contributed by atoms with E-state index in [1.165, 1.54) is 0 Å².